The van der Waals surface area contributed by atoms with Crippen LogP contribution in [0.25, 0.3) is 22.3 Å². The molecule has 0 aliphatic carbocycles. The number of nitrogens with one attached hydrogen (secondary N) is 1. The predicted octanol–water partition coefficient (Wildman–Crippen LogP) is 4.30. The van der Waals surface area contributed by atoms with Crippen molar-refractivity contribution in [2.75, 3.05) is 49.7 Å². The first-order valence-electron chi connectivity index (χ1n) is 11.0. The zero-order valence-electron chi connectivity index (χ0n) is 17.9. The molecule has 0 bridgehead atoms. The van der Waals surface area contributed by atoms with E-state index in [4.69, 9.17) is 31.0 Å². The molecule has 8 nitrogen and oxygen atoms in total. The highest BCUT2D eigenvalue weighted by atomic mass is 35.5. The molecular weight excluding hydrogens is 440 g/mol. The van der Waals surface area contributed by atoms with Crippen LogP contribution >= 0.6 is 11.6 Å². The minimum Gasteiger partial charge on any atom is -0.378 e. The Bertz CT molecular complexity index is 1280. The summed E-state index contributed by atoms with van der Waals surface area (Å²) in [6.07, 6.45) is 1.90. The largest absolute Gasteiger partial charge is 0.378 e. The minimum absolute atomic E-state index is 0.364. The van der Waals surface area contributed by atoms with Gasteiger partial charge in [-0.15, -0.1) is 0 Å². The molecule has 0 saturated carbocycles. The fourth-order valence-corrected chi connectivity index (χ4v) is 4.22. The lowest BCUT2D eigenvalue weighted by Crippen LogP contribution is -2.37. The zero-order chi connectivity index (χ0) is 22.2. The molecule has 4 aromatic rings. The molecule has 9 heteroatoms. The molecule has 0 unspecified atom stereocenters. The van der Waals surface area contributed by atoms with Gasteiger partial charge in [-0.25, -0.2) is 9.97 Å². The number of hydrogen-bond donors (Lipinski definition) is 1. The normalized spacial score (nSPS) is 16.7. The van der Waals surface area contributed by atoms with Crippen LogP contribution in [0.4, 0.5) is 17.5 Å². The van der Waals surface area contributed by atoms with E-state index in [2.05, 4.69) is 38.0 Å². The van der Waals surface area contributed by atoms with E-state index in [0.29, 0.717) is 30.2 Å². The second kappa shape index (κ2) is 8.62. The highest BCUT2D eigenvalue weighted by molar-refractivity contribution is 6.30. The number of aromatic nitrogens is 4. The molecule has 2 fully saturated rings. The molecule has 2 aromatic carbocycles. The minimum atomic E-state index is 0.364. The summed E-state index contributed by atoms with van der Waals surface area (Å²) >= 11 is 6.04. The zero-order valence-corrected chi connectivity index (χ0v) is 18.7. The monoisotopic (exact) mass is 462 g/mol. The van der Waals surface area contributed by atoms with Crippen molar-refractivity contribution in [3.63, 3.8) is 0 Å². The number of fused-ring (bicyclic) bond motifs is 1. The quantitative estimate of drug-likeness (QED) is 0.473. The number of rotatable bonds is 5. The first-order valence-corrected chi connectivity index (χ1v) is 11.4. The van der Waals surface area contributed by atoms with Gasteiger partial charge in [-0.2, -0.15) is 4.98 Å². The van der Waals surface area contributed by atoms with Gasteiger partial charge in [0.05, 0.1) is 55.5 Å². The molecule has 6 rings (SSSR count). The number of nitrogens with zero attached hydrogens (tertiary/aromatic N) is 5. The molecule has 0 amide bonds. The molecule has 4 heterocycles. The van der Waals surface area contributed by atoms with Crippen LogP contribution in [0.1, 0.15) is 6.04 Å². The van der Waals surface area contributed by atoms with Crippen molar-refractivity contribution in [3.8, 4) is 11.3 Å². The molecule has 2 saturated heterocycles. The number of ether oxygens (including phenoxy) is 2. The van der Waals surface area contributed by atoms with Crippen molar-refractivity contribution in [1.29, 1.82) is 0 Å². The van der Waals surface area contributed by atoms with Gasteiger partial charge in [0, 0.05) is 35.4 Å². The van der Waals surface area contributed by atoms with Gasteiger partial charge in [-0.3, -0.25) is 0 Å². The maximum Gasteiger partial charge on any atom is 0.228 e. The van der Waals surface area contributed by atoms with Crippen LogP contribution < -0.4 is 10.2 Å². The number of benzene rings is 2. The van der Waals surface area contributed by atoms with Gasteiger partial charge in [0.2, 0.25) is 5.95 Å². The maximum atomic E-state index is 6.04. The fraction of sp³-hybridized carbons (Fsp3) is 0.292. The van der Waals surface area contributed by atoms with E-state index in [9.17, 15) is 0 Å². The Balaban J connectivity index is 1.38. The Kier molecular flexibility index (Phi) is 5.33. The first kappa shape index (κ1) is 20.4. The topological polar surface area (TPSA) is 77.3 Å². The number of anilines is 3. The lowest BCUT2D eigenvalue weighted by molar-refractivity contribution is -0.0216. The molecule has 168 valence electrons. The number of imidazole rings is 1. The van der Waals surface area contributed by atoms with Gasteiger partial charge in [-0.05, 0) is 36.4 Å². The number of morpholine rings is 1. The van der Waals surface area contributed by atoms with Gasteiger partial charge >= 0.3 is 0 Å². The first-order chi connectivity index (χ1) is 16.2. The molecule has 0 atom stereocenters. The summed E-state index contributed by atoms with van der Waals surface area (Å²) in [5, 5.41) is 4.08. The van der Waals surface area contributed by atoms with E-state index in [1.165, 1.54) is 0 Å². The van der Waals surface area contributed by atoms with E-state index >= 15 is 0 Å². The fourth-order valence-electron chi connectivity index (χ4n) is 4.10. The van der Waals surface area contributed by atoms with Crippen molar-refractivity contribution in [2.45, 2.75) is 6.04 Å². The number of hydrogen-bond acceptors (Lipinski definition) is 7. The maximum absolute atomic E-state index is 6.04. The third-order valence-electron chi connectivity index (χ3n) is 6.01. The summed E-state index contributed by atoms with van der Waals surface area (Å²) in [6.45, 7) is 4.33. The molecule has 0 spiro atoms. The summed E-state index contributed by atoms with van der Waals surface area (Å²) in [6, 6.07) is 16.2. The van der Waals surface area contributed by atoms with Crippen LogP contribution in [0.3, 0.4) is 0 Å². The second-order valence-electron chi connectivity index (χ2n) is 8.22. The van der Waals surface area contributed by atoms with Gasteiger partial charge in [0.1, 0.15) is 5.82 Å². The van der Waals surface area contributed by atoms with E-state index in [1.807, 2.05) is 36.7 Å². The van der Waals surface area contributed by atoms with Crippen LogP contribution in [0.15, 0.2) is 54.9 Å². The van der Waals surface area contributed by atoms with Gasteiger partial charge < -0.3 is 24.3 Å². The number of halogens is 1. The second-order valence-corrected chi connectivity index (χ2v) is 8.65. The van der Waals surface area contributed by atoms with Crippen LogP contribution in [0.5, 0.6) is 0 Å². The van der Waals surface area contributed by atoms with Crippen molar-refractivity contribution in [1.82, 2.24) is 19.5 Å². The molecular formula is C24H23ClN6O2. The third kappa shape index (κ3) is 4.13. The van der Waals surface area contributed by atoms with Crippen molar-refractivity contribution >= 4 is 40.1 Å². The molecule has 0 radical (unpaired) electrons. The molecule has 2 aliphatic rings. The van der Waals surface area contributed by atoms with Crippen LogP contribution in [-0.2, 0) is 9.47 Å². The van der Waals surface area contributed by atoms with Gasteiger partial charge in [-0.1, -0.05) is 17.7 Å². The van der Waals surface area contributed by atoms with E-state index in [1.54, 1.807) is 0 Å². The Morgan fingerprint density at radius 3 is 2.52 bits per heavy atom. The summed E-state index contributed by atoms with van der Waals surface area (Å²) in [5.41, 5.74) is 4.79. The summed E-state index contributed by atoms with van der Waals surface area (Å²) < 4.78 is 13.0. The summed E-state index contributed by atoms with van der Waals surface area (Å²) in [4.78, 5) is 16.5. The standard InChI is InChI=1S/C24H23ClN6O2/c25-17-2-4-18(5-3-17)27-23-12-20(28-24(29-23)30-7-9-32-10-8-30)16-1-6-22-21(11-16)26-15-31(22)19-13-33-14-19/h1-6,11-12,15,19H,7-10,13-14H2,(H,27,28,29). The van der Waals surface area contributed by atoms with Crippen LogP contribution in [-0.4, -0.2) is 59.0 Å². The summed E-state index contributed by atoms with van der Waals surface area (Å²) in [7, 11) is 0. The lowest BCUT2D eigenvalue weighted by atomic mass is 10.1. The predicted molar refractivity (Wildman–Crippen MR) is 128 cm³/mol. The van der Waals surface area contributed by atoms with Crippen molar-refractivity contribution in [3.05, 3.63) is 59.9 Å². The van der Waals surface area contributed by atoms with Crippen LogP contribution in [0.2, 0.25) is 5.02 Å². The van der Waals surface area contributed by atoms with Crippen LogP contribution in [0, 0.1) is 0 Å². The Labute approximate surface area is 196 Å². The Morgan fingerprint density at radius 2 is 1.76 bits per heavy atom. The van der Waals surface area contributed by atoms with E-state index in [-0.39, 0.29) is 0 Å². The third-order valence-corrected chi connectivity index (χ3v) is 6.26. The van der Waals surface area contributed by atoms with E-state index < -0.39 is 0 Å². The SMILES string of the molecule is Clc1ccc(Nc2cc(-c3ccc4c(c3)ncn4C3COC3)nc(N3CCOCC3)n2)cc1. The van der Waals surface area contributed by atoms with Crippen molar-refractivity contribution < 1.29 is 9.47 Å². The Hall–Kier alpha value is -3.20. The van der Waals surface area contributed by atoms with Gasteiger partial charge in [0.15, 0.2) is 0 Å². The van der Waals surface area contributed by atoms with Gasteiger partial charge in [0.25, 0.3) is 0 Å². The molecule has 33 heavy (non-hydrogen) atoms. The average Bonchev–Trinajstić information content (AvgIpc) is 3.23. The molecule has 2 aliphatic heterocycles. The lowest BCUT2D eigenvalue weighted by Gasteiger charge is -2.27. The van der Waals surface area contributed by atoms with E-state index in [0.717, 1.165) is 60.1 Å². The smallest absolute Gasteiger partial charge is 0.228 e. The Morgan fingerprint density at radius 1 is 0.939 bits per heavy atom. The molecule has 2 aromatic heterocycles. The highest BCUT2D eigenvalue weighted by Gasteiger charge is 2.22. The average molecular weight is 463 g/mol. The highest BCUT2D eigenvalue weighted by Crippen LogP contribution is 2.30. The van der Waals surface area contributed by atoms with Crippen molar-refractivity contribution in [2.24, 2.45) is 0 Å². The summed E-state index contributed by atoms with van der Waals surface area (Å²) in [5.74, 6) is 1.41. The molecule has 1 N–H and O–H groups in total.